The van der Waals surface area contributed by atoms with E-state index in [1.165, 1.54) is 5.56 Å². The maximum absolute atomic E-state index is 11.8. The van der Waals surface area contributed by atoms with Gasteiger partial charge in [0, 0.05) is 31.7 Å². The van der Waals surface area contributed by atoms with Gasteiger partial charge in [-0.05, 0) is 38.7 Å². The highest BCUT2D eigenvalue weighted by molar-refractivity contribution is 5.74. The molecule has 0 aliphatic carbocycles. The van der Waals surface area contributed by atoms with E-state index >= 15 is 0 Å². The summed E-state index contributed by atoms with van der Waals surface area (Å²) in [5.74, 6) is 0. The third-order valence-corrected chi connectivity index (χ3v) is 4.54. The molecule has 3 N–H and O–H groups in total. The number of likely N-dealkylation sites (tertiary alicyclic amines) is 1. The summed E-state index contributed by atoms with van der Waals surface area (Å²) >= 11 is 0. The number of nitrogens with zero attached hydrogens (tertiary/aromatic N) is 1. The van der Waals surface area contributed by atoms with E-state index in [0.29, 0.717) is 19.0 Å². The van der Waals surface area contributed by atoms with Gasteiger partial charge in [-0.3, -0.25) is 4.90 Å². The molecule has 1 aromatic carbocycles. The van der Waals surface area contributed by atoms with E-state index in [1.807, 2.05) is 6.07 Å². The highest BCUT2D eigenvalue weighted by Gasteiger charge is 2.24. The Morgan fingerprint density at radius 1 is 1.26 bits per heavy atom. The Morgan fingerprint density at radius 2 is 1.91 bits per heavy atom. The standard InChI is InChI=1S/C18H29N3O2/c1-14(22)8-11-19-18(23)20-17-9-12-21(13-10-17)15(2)16-6-4-3-5-7-16/h3-7,14-15,17,22H,8-13H2,1-2H3,(H2,19,20,23). The number of aliphatic hydroxyl groups excluding tert-OH is 1. The van der Waals surface area contributed by atoms with Crippen molar-refractivity contribution in [1.29, 1.82) is 0 Å². The predicted octanol–water partition coefficient (Wildman–Crippen LogP) is 2.28. The molecule has 0 radical (unpaired) electrons. The maximum atomic E-state index is 11.8. The first-order valence-electron chi connectivity index (χ1n) is 8.57. The number of carbonyl (C=O) groups is 1. The lowest BCUT2D eigenvalue weighted by Crippen LogP contribution is -2.48. The van der Waals surface area contributed by atoms with Crippen LogP contribution in [0.25, 0.3) is 0 Å². The van der Waals surface area contributed by atoms with Crippen LogP contribution in [0.4, 0.5) is 4.79 Å². The Kier molecular flexibility index (Phi) is 6.86. The number of benzene rings is 1. The molecule has 1 aliphatic heterocycles. The largest absolute Gasteiger partial charge is 0.393 e. The number of urea groups is 1. The second kappa shape index (κ2) is 8.89. The lowest BCUT2D eigenvalue weighted by molar-refractivity contribution is 0.152. The summed E-state index contributed by atoms with van der Waals surface area (Å²) in [4.78, 5) is 14.3. The Labute approximate surface area is 139 Å². The van der Waals surface area contributed by atoms with Crippen LogP contribution in [-0.4, -0.2) is 47.8 Å². The van der Waals surface area contributed by atoms with Crippen molar-refractivity contribution in [2.45, 2.75) is 51.3 Å². The van der Waals surface area contributed by atoms with E-state index in [-0.39, 0.29) is 18.2 Å². The zero-order chi connectivity index (χ0) is 16.7. The van der Waals surface area contributed by atoms with Gasteiger partial charge >= 0.3 is 6.03 Å². The summed E-state index contributed by atoms with van der Waals surface area (Å²) in [6.07, 6.45) is 2.15. The monoisotopic (exact) mass is 319 g/mol. The van der Waals surface area contributed by atoms with Crippen LogP contribution in [0.2, 0.25) is 0 Å². The molecule has 1 aliphatic rings. The second-order valence-electron chi connectivity index (χ2n) is 6.43. The Balaban J connectivity index is 1.70. The second-order valence-corrected chi connectivity index (χ2v) is 6.43. The van der Waals surface area contributed by atoms with Crippen molar-refractivity contribution >= 4 is 6.03 Å². The molecule has 23 heavy (non-hydrogen) atoms. The number of piperidine rings is 1. The van der Waals surface area contributed by atoms with E-state index in [9.17, 15) is 9.90 Å². The predicted molar refractivity (Wildman–Crippen MR) is 92.3 cm³/mol. The summed E-state index contributed by atoms with van der Waals surface area (Å²) in [5, 5.41) is 15.0. The fourth-order valence-electron chi connectivity index (χ4n) is 3.00. The van der Waals surface area contributed by atoms with Gasteiger partial charge in [-0.2, -0.15) is 0 Å². The number of hydrogen-bond acceptors (Lipinski definition) is 3. The van der Waals surface area contributed by atoms with Crippen LogP contribution in [0, 0.1) is 0 Å². The number of nitrogens with one attached hydrogen (secondary N) is 2. The van der Waals surface area contributed by atoms with Crippen molar-refractivity contribution in [2.24, 2.45) is 0 Å². The third-order valence-electron chi connectivity index (χ3n) is 4.54. The van der Waals surface area contributed by atoms with E-state index in [1.54, 1.807) is 6.92 Å². The molecule has 1 fully saturated rings. The Morgan fingerprint density at radius 3 is 2.52 bits per heavy atom. The number of rotatable bonds is 6. The van der Waals surface area contributed by atoms with Gasteiger partial charge in [0.25, 0.3) is 0 Å². The molecule has 0 spiro atoms. The van der Waals surface area contributed by atoms with Crippen LogP contribution in [-0.2, 0) is 0 Å². The van der Waals surface area contributed by atoms with Gasteiger partial charge in [0.05, 0.1) is 6.10 Å². The smallest absolute Gasteiger partial charge is 0.315 e. The highest BCUT2D eigenvalue weighted by Crippen LogP contribution is 2.23. The van der Waals surface area contributed by atoms with Gasteiger partial charge in [-0.25, -0.2) is 4.79 Å². The van der Waals surface area contributed by atoms with Crippen molar-refractivity contribution in [3.63, 3.8) is 0 Å². The molecule has 2 amide bonds. The average Bonchev–Trinajstić information content (AvgIpc) is 2.55. The minimum absolute atomic E-state index is 0.125. The molecule has 2 rings (SSSR count). The molecule has 1 heterocycles. The number of hydrogen-bond donors (Lipinski definition) is 3. The summed E-state index contributed by atoms with van der Waals surface area (Å²) in [5.41, 5.74) is 1.34. The molecule has 2 unspecified atom stereocenters. The lowest BCUT2D eigenvalue weighted by atomic mass is 10.0. The van der Waals surface area contributed by atoms with Crippen molar-refractivity contribution in [1.82, 2.24) is 15.5 Å². The molecule has 1 aromatic rings. The fraction of sp³-hybridized carbons (Fsp3) is 0.611. The Hall–Kier alpha value is -1.59. The van der Waals surface area contributed by atoms with Crippen LogP contribution >= 0.6 is 0 Å². The van der Waals surface area contributed by atoms with Crippen LogP contribution in [0.5, 0.6) is 0 Å². The molecule has 0 aromatic heterocycles. The SMILES string of the molecule is CC(O)CCNC(=O)NC1CCN(C(C)c2ccccc2)CC1. The molecule has 0 saturated carbocycles. The van der Waals surface area contributed by atoms with Crippen molar-refractivity contribution < 1.29 is 9.90 Å². The topological polar surface area (TPSA) is 64.6 Å². The van der Waals surface area contributed by atoms with Gasteiger partial charge in [-0.15, -0.1) is 0 Å². The number of aliphatic hydroxyl groups is 1. The van der Waals surface area contributed by atoms with Crippen LogP contribution in [0.1, 0.15) is 44.7 Å². The van der Waals surface area contributed by atoms with E-state index in [2.05, 4.69) is 46.7 Å². The molecule has 5 heteroatoms. The molecule has 0 bridgehead atoms. The molecule has 128 valence electrons. The van der Waals surface area contributed by atoms with Gasteiger partial charge in [0.2, 0.25) is 0 Å². The maximum Gasteiger partial charge on any atom is 0.315 e. The number of amides is 2. The van der Waals surface area contributed by atoms with Crippen molar-refractivity contribution in [3.05, 3.63) is 35.9 Å². The van der Waals surface area contributed by atoms with Crippen LogP contribution < -0.4 is 10.6 Å². The van der Waals surface area contributed by atoms with Gasteiger partial charge < -0.3 is 15.7 Å². The van der Waals surface area contributed by atoms with Gasteiger partial charge in [0.1, 0.15) is 0 Å². The van der Waals surface area contributed by atoms with E-state index < -0.39 is 0 Å². The first-order valence-corrected chi connectivity index (χ1v) is 8.57. The van der Waals surface area contributed by atoms with Gasteiger partial charge in [-0.1, -0.05) is 30.3 Å². The molecule has 2 atom stereocenters. The quantitative estimate of drug-likeness (QED) is 0.754. The zero-order valence-electron chi connectivity index (χ0n) is 14.2. The summed E-state index contributed by atoms with van der Waals surface area (Å²) in [7, 11) is 0. The minimum atomic E-state index is -0.377. The zero-order valence-corrected chi connectivity index (χ0v) is 14.2. The van der Waals surface area contributed by atoms with Crippen LogP contribution in [0.3, 0.4) is 0 Å². The molecular formula is C18H29N3O2. The fourth-order valence-corrected chi connectivity index (χ4v) is 3.00. The lowest BCUT2D eigenvalue weighted by Gasteiger charge is -2.36. The first-order chi connectivity index (χ1) is 11.1. The summed E-state index contributed by atoms with van der Waals surface area (Å²) in [6.45, 7) is 6.46. The van der Waals surface area contributed by atoms with E-state index in [4.69, 9.17) is 0 Å². The number of carbonyl (C=O) groups excluding carboxylic acids is 1. The summed E-state index contributed by atoms with van der Waals surface area (Å²) in [6, 6.07) is 11.1. The summed E-state index contributed by atoms with van der Waals surface area (Å²) < 4.78 is 0. The Bertz CT molecular complexity index is 470. The molecule has 1 saturated heterocycles. The van der Waals surface area contributed by atoms with Crippen molar-refractivity contribution in [3.8, 4) is 0 Å². The highest BCUT2D eigenvalue weighted by atomic mass is 16.3. The van der Waals surface area contributed by atoms with Gasteiger partial charge in [0.15, 0.2) is 0 Å². The molecule has 5 nitrogen and oxygen atoms in total. The van der Waals surface area contributed by atoms with Crippen LogP contribution in [0.15, 0.2) is 30.3 Å². The normalized spacial score (nSPS) is 19.1. The third kappa shape index (κ3) is 5.84. The average molecular weight is 319 g/mol. The van der Waals surface area contributed by atoms with Crippen molar-refractivity contribution in [2.75, 3.05) is 19.6 Å². The first kappa shape index (κ1) is 17.8. The van der Waals surface area contributed by atoms with E-state index in [0.717, 1.165) is 25.9 Å². The molecular weight excluding hydrogens is 290 g/mol. The minimum Gasteiger partial charge on any atom is -0.393 e.